The molecule has 1 spiro atoms. The third kappa shape index (κ3) is 3.30. The van der Waals surface area contributed by atoms with Gasteiger partial charge in [-0.25, -0.2) is 0 Å². The Morgan fingerprint density at radius 2 is 1.85 bits per heavy atom. The second kappa shape index (κ2) is 7.53. The van der Waals surface area contributed by atoms with Gasteiger partial charge in [-0.05, 0) is 54.0 Å². The van der Waals surface area contributed by atoms with Crippen LogP contribution < -0.4 is 0 Å². The summed E-state index contributed by atoms with van der Waals surface area (Å²) in [4.78, 5) is 0. The highest BCUT2D eigenvalue weighted by Gasteiger charge is 2.52. The predicted octanol–water partition coefficient (Wildman–Crippen LogP) is 3.71. The molecule has 1 unspecified atom stereocenters. The molecule has 4 nitrogen and oxygen atoms in total. The molecule has 27 heavy (non-hydrogen) atoms. The molecule has 0 saturated carbocycles. The average Bonchev–Trinajstić information content (AvgIpc) is 3.06. The molecular weight excluding hydrogens is 364 g/mol. The van der Waals surface area contributed by atoms with Crippen molar-refractivity contribution in [3.8, 4) is 0 Å². The first-order chi connectivity index (χ1) is 13.1. The van der Waals surface area contributed by atoms with Crippen LogP contribution in [0.5, 0.6) is 0 Å². The van der Waals surface area contributed by atoms with Crippen molar-refractivity contribution in [3.05, 3.63) is 69.2 Å². The van der Waals surface area contributed by atoms with E-state index in [2.05, 4.69) is 31.2 Å². The average molecular weight is 389 g/mol. The highest BCUT2D eigenvalue weighted by Crippen LogP contribution is 2.47. The smallest absolute Gasteiger partial charge is 0.222 e. The first kappa shape index (κ1) is 18.9. The van der Waals surface area contributed by atoms with Gasteiger partial charge in [0.1, 0.15) is 6.10 Å². The third-order valence-corrected chi connectivity index (χ3v) is 6.09. The van der Waals surface area contributed by atoms with Gasteiger partial charge in [-0.3, -0.25) is 0 Å². The van der Waals surface area contributed by atoms with Crippen LogP contribution in [-0.2, 0) is 34.7 Å². The van der Waals surface area contributed by atoms with E-state index in [9.17, 15) is 10.2 Å². The Hall–Kier alpha value is -1.43. The van der Waals surface area contributed by atoms with Gasteiger partial charge >= 0.3 is 0 Å². The molecule has 0 aliphatic carbocycles. The summed E-state index contributed by atoms with van der Waals surface area (Å²) in [7, 11) is 0. The Bertz CT molecular complexity index is 820. The number of halogens is 1. The number of fused-ring (bicyclic) bond motifs is 2. The lowest BCUT2D eigenvalue weighted by atomic mass is 9.88. The Balaban J connectivity index is 1.70. The van der Waals surface area contributed by atoms with Crippen molar-refractivity contribution in [2.45, 2.75) is 57.2 Å². The maximum absolute atomic E-state index is 10.7. The molecule has 2 aliphatic rings. The van der Waals surface area contributed by atoms with Crippen molar-refractivity contribution in [2.24, 2.45) is 0 Å². The number of aliphatic hydroxyl groups is 2. The lowest BCUT2D eigenvalue weighted by Crippen LogP contribution is -2.49. The van der Waals surface area contributed by atoms with Crippen LogP contribution in [0.4, 0.5) is 0 Å². The minimum atomic E-state index is -1.20. The molecule has 1 fully saturated rings. The Labute approximate surface area is 164 Å². The summed E-state index contributed by atoms with van der Waals surface area (Å²) in [5.41, 5.74) is 5.32. The standard InChI is InChI=1S/C22H25ClO4/c1-2-14-3-5-15(6-4-14)11-17-18-13-26-22(19(18)8-9-20(17)23)21(25)10-7-16(12-24)27-22/h3-6,8-9,16,21,24-25H,2,7,10-13H2,1H3/t16-,21+,22?/m0/s1. The van der Waals surface area contributed by atoms with Gasteiger partial charge in [-0.1, -0.05) is 48.9 Å². The van der Waals surface area contributed by atoms with Crippen LogP contribution in [0.2, 0.25) is 5.02 Å². The Morgan fingerprint density at radius 1 is 1.11 bits per heavy atom. The fraction of sp³-hybridized carbons (Fsp3) is 0.455. The van der Waals surface area contributed by atoms with Crippen LogP contribution in [0.1, 0.15) is 47.6 Å². The molecule has 3 atom stereocenters. The molecule has 0 radical (unpaired) electrons. The number of aliphatic hydroxyl groups excluding tert-OH is 2. The van der Waals surface area contributed by atoms with E-state index in [1.165, 1.54) is 11.1 Å². The summed E-state index contributed by atoms with van der Waals surface area (Å²) in [6.07, 6.45) is 1.76. The van der Waals surface area contributed by atoms with Gasteiger partial charge in [-0.2, -0.15) is 0 Å². The lowest BCUT2D eigenvalue weighted by molar-refractivity contribution is -0.328. The van der Waals surface area contributed by atoms with Crippen LogP contribution in [-0.4, -0.2) is 29.0 Å². The maximum atomic E-state index is 10.7. The molecular formula is C22H25ClO4. The molecule has 1 saturated heterocycles. The summed E-state index contributed by atoms with van der Waals surface area (Å²) in [5.74, 6) is -1.20. The van der Waals surface area contributed by atoms with Gasteiger partial charge in [-0.15, -0.1) is 0 Å². The second-order valence-corrected chi connectivity index (χ2v) is 7.78. The van der Waals surface area contributed by atoms with Crippen molar-refractivity contribution >= 4 is 11.6 Å². The van der Waals surface area contributed by atoms with E-state index in [0.717, 1.165) is 23.1 Å². The molecule has 2 aromatic rings. The van der Waals surface area contributed by atoms with Crippen LogP contribution in [0.3, 0.4) is 0 Å². The first-order valence-corrected chi connectivity index (χ1v) is 9.94. The molecule has 2 aromatic carbocycles. The van der Waals surface area contributed by atoms with E-state index in [1.54, 1.807) is 0 Å². The zero-order valence-electron chi connectivity index (χ0n) is 15.5. The van der Waals surface area contributed by atoms with Gasteiger partial charge in [0.2, 0.25) is 5.79 Å². The number of ether oxygens (including phenoxy) is 2. The molecule has 4 rings (SSSR count). The molecule has 2 heterocycles. The van der Waals surface area contributed by atoms with Crippen molar-refractivity contribution in [2.75, 3.05) is 6.61 Å². The van der Waals surface area contributed by atoms with Crippen molar-refractivity contribution in [1.82, 2.24) is 0 Å². The lowest BCUT2D eigenvalue weighted by Gasteiger charge is -2.41. The Morgan fingerprint density at radius 3 is 2.56 bits per heavy atom. The van der Waals surface area contributed by atoms with Crippen LogP contribution in [0.15, 0.2) is 36.4 Å². The van der Waals surface area contributed by atoms with Gasteiger partial charge < -0.3 is 19.7 Å². The summed E-state index contributed by atoms with van der Waals surface area (Å²) in [6, 6.07) is 12.3. The minimum Gasteiger partial charge on any atom is -0.394 e. The van der Waals surface area contributed by atoms with Crippen LogP contribution in [0, 0.1) is 0 Å². The zero-order valence-corrected chi connectivity index (χ0v) is 16.2. The molecule has 0 aromatic heterocycles. The second-order valence-electron chi connectivity index (χ2n) is 7.37. The number of rotatable bonds is 4. The molecule has 2 N–H and O–H groups in total. The SMILES string of the molecule is CCc1ccc(Cc2c(Cl)ccc3c2COC32O[C@H](CO)CC[C@H]2O)cc1. The molecule has 144 valence electrons. The largest absolute Gasteiger partial charge is 0.394 e. The summed E-state index contributed by atoms with van der Waals surface area (Å²) < 4.78 is 12.1. The molecule has 0 amide bonds. The van der Waals surface area contributed by atoms with Gasteiger partial charge in [0.05, 0.1) is 19.3 Å². The monoisotopic (exact) mass is 388 g/mol. The third-order valence-electron chi connectivity index (χ3n) is 5.74. The number of aryl methyl sites for hydroxylation is 1. The molecule has 2 aliphatic heterocycles. The first-order valence-electron chi connectivity index (χ1n) is 9.56. The fourth-order valence-electron chi connectivity index (χ4n) is 4.12. The van der Waals surface area contributed by atoms with Crippen molar-refractivity contribution in [1.29, 1.82) is 0 Å². The van der Waals surface area contributed by atoms with Gasteiger partial charge in [0, 0.05) is 10.6 Å². The predicted molar refractivity (Wildman–Crippen MR) is 104 cm³/mol. The van der Waals surface area contributed by atoms with E-state index in [4.69, 9.17) is 21.1 Å². The number of hydrogen-bond donors (Lipinski definition) is 2. The number of hydrogen-bond acceptors (Lipinski definition) is 4. The van der Waals surface area contributed by atoms with E-state index < -0.39 is 11.9 Å². The van der Waals surface area contributed by atoms with E-state index in [0.29, 0.717) is 30.9 Å². The molecule has 5 heteroatoms. The van der Waals surface area contributed by atoms with Crippen molar-refractivity contribution < 1.29 is 19.7 Å². The van der Waals surface area contributed by atoms with Gasteiger partial charge in [0.15, 0.2) is 0 Å². The maximum Gasteiger partial charge on any atom is 0.222 e. The highest BCUT2D eigenvalue weighted by molar-refractivity contribution is 6.31. The quantitative estimate of drug-likeness (QED) is 0.838. The molecule has 0 bridgehead atoms. The zero-order chi connectivity index (χ0) is 19.0. The normalized spacial score (nSPS) is 27.1. The topological polar surface area (TPSA) is 58.9 Å². The van der Waals surface area contributed by atoms with Crippen molar-refractivity contribution in [3.63, 3.8) is 0 Å². The van der Waals surface area contributed by atoms with E-state index in [1.807, 2.05) is 12.1 Å². The van der Waals surface area contributed by atoms with E-state index >= 15 is 0 Å². The summed E-state index contributed by atoms with van der Waals surface area (Å²) in [6.45, 7) is 2.40. The number of benzene rings is 2. The fourth-order valence-corrected chi connectivity index (χ4v) is 4.37. The summed E-state index contributed by atoms with van der Waals surface area (Å²) in [5, 5.41) is 20.9. The van der Waals surface area contributed by atoms with E-state index in [-0.39, 0.29) is 12.7 Å². The van der Waals surface area contributed by atoms with Crippen LogP contribution in [0.25, 0.3) is 0 Å². The summed E-state index contributed by atoms with van der Waals surface area (Å²) >= 11 is 6.54. The Kier molecular flexibility index (Phi) is 5.28. The highest BCUT2D eigenvalue weighted by atomic mass is 35.5. The van der Waals surface area contributed by atoms with Crippen LogP contribution >= 0.6 is 11.6 Å². The van der Waals surface area contributed by atoms with Gasteiger partial charge in [0.25, 0.3) is 0 Å². The minimum absolute atomic E-state index is 0.0859.